The second-order valence-electron chi connectivity index (χ2n) is 6.18. The van der Waals surface area contributed by atoms with E-state index in [1.807, 2.05) is 4.90 Å². The van der Waals surface area contributed by atoms with Crippen molar-refractivity contribution in [3.8, 4) is 0 Å². The Morgan fingerprint density at radius 3 is 2.69 bits per heavy atom. The minimum absolute atomic E-state index is 0.0901. The topological polar surface area (TPSA) is 76.5 Å². The molecule has 3 heterocycles. The van der Waals surface area contributed by atoms with Gasteiger partial charge in [0.05, 0.1) is 0 Å². The number of halogens is 3. The SMILES string of the molecule is N[C@H]1CN(c2ccc3nc(=O)sn3n2)CC[C@@H]1c1cc(F)c(F)cc1F. The van der Waals surface area contributed by atoms with E-state index in [0.29, 0.717) is 37.0 Å². The molecule has 4 rings (SSSR count). The van der Waals surface area contributed by atoms with Gasteiger partial charge < -0.3 is 10.6 Å². The van der Waals surface area contributed by atoms with Gasteiger partial charge in [-0.2, -0.15) is 8.89 Å². The van der Waals surface area contributed by atoms with Crippen molar-refractivity contribution < 1.29 is 13.2 Å². The van der Waals surface area contributed by atoms with Gasteiger partial charge in [-0.1, -0.05) is 0 Å². The molecule has 0 amide bonds. The zero-order chi connectivity index (χ0) is 18.4. The Morgan fingerprint density at radius 2 is 1.92 bits per heavy atom. The fraction of sp³-hybridized carbons (Fsp3) is 0.312. The van der Waals surface area contributed by atoms with Crippen LogP contribution in [0.2, 0.25) is 0 Å². The van der Waals surface area contributed by atoms with Crippen molar-refractivity contribution >= 4 is 23.0 Å². The Balaban J connectivity index is 1.58. The number of benzene rings is 1. The molecule has 2 aromatic heterocycles. The van der Waals surface area contributed by atoms with Gasteiger partial charge in [-0.15, -0.1) is 5.10 Å². The molecule has 0 spiro atoms. The van der Waals surface area contributed by atoms with Crippen LogP contribution in [0.15, 0.2) is 29.1 Å². The van der Waals surface area contributed by atoms with Crippen LogP contribution < -0.4 is 15.5 Å². The molecule has 3 aromatic rings. The van der Waals surface area contributed by atoms with Crippen molar-refractivity contribution in [1.29, 1.82) is 0 Å². The highest BCUT2D eigenvalue weighted by molar-refractivity contribution is 7.03. The van der Waals surface area contributed by atoms with E-state index in [0.717, 1.165) is 17.6 Å². The Bertz CT molecular complexity index is 1040. The number of nitrogens with two attached hydrogens (primary N) is 1. The third kappa shape index (κ3) is 2.95. The van der Waals surface area contributed by atoms with Gasteiger partial charge >= 0.3 is 4.87 Å². The second-order valence-corrected chi connectivity index (χ2v) is 7.06. The predicted molar refractivity (Wildman–Crippen MR) is 91.0 cm³/mol. The quantitative estimate of drug-likeness (QED) is 0.686. The molecule has 1 aromatic carbocycles. The summed E-state index contributed by atoms with van der Waals surface area (Å²) in [6.45, 7) is 0.879. The molecule has 0 aliphatic carbocycles. The molecule has 1 aliphatic heterocycles. The number of aromatic nitrogens is 3. The summed E-state index contributed by atoms with van der Waals surface area (Å²) in [5.74, 6) is -2.90. The van der Waals surface area contributed by atoms with E-state index in [4.69, 9.17) is 5.73 Å². The summed E-state index contributed by atoms with van der Waals surface area (Å²) in [4.78, 5) is 16.7. The molecule has 136 valence electrons. The first-order chi connectivity index (χ1) is 12.4. The van der Waals surface area contributed by atoms with Crippen LogP contribution in [0.1, 0.15) is 17.9 Å². The molecule has 1 fully saturated rings. The lowest BCUT2D eigenvalue weighted by Crippen LogP contribution is -2.48. The Hall–Kier alpha value is -2.46. The maximum Gasteiger partial charge on any atom is 0.346 e. The lowest BCUT2D eigenvalue weighted by molar-refractivity contribution is 0.415. The molecular formula is C16H14F3N5OS. The summed E-state index contributed by atoms with van der Waals surface area (Å²) in [6, 6.07) is 4.38. The van der Waals surface area contributed by atoms with Crippen LogP contribution in [0.4, 0.5) is 19.0 Å². The summed E-state index contributed by atoms with van der Waals surface area (Å²) in [7, 11) is 0. The monoisotopic (exact) mass is 381 g/mol. The summed E-state index contributed by atoms with van der Waals surface area (Å²) < 4.78 is 42.1. The summed E-state index contributed by atoms with van der Waals surface area (Å²) in [5.41, 5.74) is 6.75. The van der Waals surface area contributed by atoms with Gasteiger partial charge in [-0.25, -0.2) is 13.2 Å². The fourth-order valence-electron chi connectivity index (χ4n) is 3.29. The van der Waals surface area contributed by atoms with Gasteiger partial charge in [0.25, 0.3) is 0 Å². The zero-order valence-corrected chi connectivity index (χ0v) is 14.2. The number of anilines is 1. The molecule has 2 atom stereocenters. The highest BCUT2D eigenvalue weighted by Gasteiger charge is 2.31. The molecule has 1 aliphatic rings. The number of fused-ring (bicyclic) bond motifs is 1. The van der Waals surface area contributed by atoms with Crippen molar-refractivity contribution in [2.45, 2.75) is 18.4 Å². The first-order valence-electron chi connectivity index (χ1n) is 7.95. The molecule has 0 saturated carbocycles. The van der Waals surface area contributed by atoms with Gasteiger partial charge in [0, 0.05) is 42.6 Å². The Kier molecular flexibility index (Phi) is 4.16. The summed E-state index contributed by atoms with van der Waals surface area (Å²) in [6.07, 6.45) is 0.461. The maximum atomic E-state index is 14.1. The number of nitrogens with zero attached hydrogens (tertiary/aromatic N) is 4. The fourth-order valence-corrected chi connectivity index (χ4v) is 3.89. The molecule has 10 heteroatoms. The van der Waals surface area contributed by atoms with Crippen LogP contribution in [0.25, 0.3) is 5.65 Å². The first-order valence-corrected chi connectivity index (χ1v) is 8.72. The zero-order valence-electron chi connectivity index (χ0n) is 13.4. The van der Waals surface area contributed by atoms with Crippen LogP contribution >= 0.6 is 11.5 Å². The number of piperidine rings is 1. The first kappa shape index (κ1) is 17.0. The van der Waals surface area contributed by atoms with Crippen LogP contribution in [0.5, 0.6) is 0 Å². The third-order valence-electron chi connectivity index (χ3n) is 4.56. The highest BCUT2D eigenvalue weighted by Crippen LogP contribution is 2.32. The molecule has 0 bridgehead atoms. The van der Waals surface area contributed by atoms with E-state index in [1.165, 1.54) is 3.90 Å². The van der Waals surface area contributed by atoms with Gasteiger partial charge in [0.15, 0.2) is 23.1 Å². The Labute approximate surface area is 149 Å². The van der Waals surface area contributed by atoms with Gasteiger partial charge in [-0.3, -0.25) is 4.79 Å². The number of hydrogen-bond donors (Lipinski definition) is 1. The van der Waals surface area contributed by atoms with Gasteiger partial charge in [0.1, 0.15) is 5.82 Å². The maximum absolute atomic E-state index is 14.1. The lowest BCUT2D eigenvalue weighted by atomic mass is 9.85. The number of rotatable bonds is 2. The molecule has 0 unspecified atom stereocenters. The van der Waals surface area contributed by atoms with Crippen molar-refractivity contribution in [3.63, 3.8) is 0 Å². The third-order valence-corrected chi connectivity index (χ3v) is 5.25. The van der Waals surface area contributed by atoms with E-state index < -0.39 is 29.4 Å². The van der Waals surface area contributed by atoms with Crippen LogP contribution in [-0.2, 0) is 0 Å². The van der Waals surface area contributed by atoms with E-state index >= 15 is 0 Å². The Morgan fingerprint density at radius 1 is 1.15 bits per heavy atom. The molecule has 1 saturated heterocycles. The minimum atomic E-state index is -1.21. The second kappa shape index (κ2) is 6.36. The number of hydrogen-bond acceptors (Lipinski definition) is 6. The lowest BCUT2D eigenvalue weighted by Gasteiger charge is -2.37. The molecule has 6 nitrogen and oxygen atoms in total. The van der Waals surface area contributed by atoms with Gasteiger partial charge in [-0.05, 0) is 30.2 Å². The van der Waals surface area contributed by atoms with Crippen LogP contribution in [0, 0.1) is 17.5 Å². The summed E-state index contributed by atoms with van der Waals surface area (Å²) >= 11 is 0.888. The average molecular weight is 381 g/mol. The van der Waals surface area contributed by atoms with E-state index in [9.17, 15) is 18.0 Å². The van der Waals surface area contributed by atoms with Gasteiger partial charge in [0.2, 0.25) is 0 Å². The van der Waals surface area contributed by atoms with E-state index in [-0.39, 0.29) is 10.4 Å². The largest absolute Gasteiger partial charge is 0.354 e. The standard InChI is InChI=1S/C16H14F3N5OS/c17-10-6-12(19)11(18)5-9(10)8-3-4-23(7-13(8)20)15-2-1-14-21-16(25)26-24(14)22-15/h1-2,5-6,8,13H,3-4,7,20H2/t8-,13+/m1/s1. The normalized spacial score (nSPS) is 20.7. The van der Waals surface area contributed by atoms with Crippen molar-refractivity contribution in [3.05, 3.63) is 56.9 Å². The van der Waals surface area contributed by atoms with Crippen LogP contribution in [-0.4, -0.2) is 33.1 Å². The average Bonchev–Trinajstić information content (AvgIpc) is 2.97. The molecule has 2 N–H and O–H groups in total. The van der Waals surface area contributed by atoms with Crippen molar-refractivity contribution in [2.75, 3.05) is 18.0 Å². The van der Waals surface area contributed by atoms with Crippen molar-refractivity contribution in [1.82, 2.24) is 14.0 Å². The summed E-state index contributed by atoms with van der Waals surface area (Å²) in [5, 5.41) is 4.35. The predicted octanol–water partition coefficient (Wildman–Crippen LogP) is 1.89. The van der Waals surface area contributed by atoms with Crippen LogP contribution in [0.3, 0.4) is 0 Å². The van der Waals surface area contributed by atoms with E-state index in [2.05, 4.69) is 10.1 Å². The molecule has 0 radical (unpaired) electrons. The minimum Gasteiger partial charge on any atom is -0.354 e. The molecule has 26 heavy (non-hydrogen) atoms. The smallest absolute Gasteiger partial charge is 0.346 e. The molecular weight excluding hydrogens is 367 g/mol. The van der Waals surface area contributed by atoms with E-state index in [1.54, 1.807) is 12.1 Å². The highest BCUT2D eigenvalue weighted by atomic mass is 32.1. The van der Waals surface area contributed by atoms with Crippen molar-refractivity contribution in [2.24, 2.45) is 5.73 Å².